The van der Waals surface area contributed by atoms with Gasteiger partial charge in [0.05, 0.1) is 24.8 Å². The van der Waals surface area contributed by atoms with Crippen molar-refractivity contribution >= 4 is 11.8 Å². The van der Waals surface area contributed by atoms with Crippen LogP contribution in [0.3, 0.4) is 0 Å². The van der Waals surface area contributed by atoms with Gasteiger partial charge in [0.25, 0.3) is 0 Å². The maximum absolute atomic E-state index is 11.9. The van der Waals surface area contributed by atoms with E-state index in [1.165, 1.54) is 0 Å². The van der Waals surface area contributed by atoms with Crippen molar-refractivity contribution in [2.45, 2.75) is 43.8 Å². The first-order valence-electron chi connectivity index (χ1n) is 6.39. The van der Waals surface area contributed by atoms with Crippen molar-refractivity contribution in [1.29, 1.82) is 0 Å². The van der Waals surface area contributed by atoms with Crippen LogP contribution in [0.4, 0.5) is 0 Å². The van der Waals surface area contributed by atoms with E-state index in [1.807, 2.05) is 10.8 Å². The predicted octanol–water partition coefficient (Wildman–Crippen LogP) is -0.704. The minimum absolute atomic E-state index is 0.0284. The van der Waals surface area contributed by atoms with Crippen LogP contribution in [-0.4, -0.2) is 33.4 Å². The maximum Gasteiger partial charge on any atom is 0.237 e. The van der Waals surface area contributed by atoms with Crippen molar-refractivity contribution in [1.82, 2.24) is 14.9 Å². The number of imidazole rings is 1. The highest BCUT2D eigenvalue weighted by molar-refractivity contribution is 5.87. The molecule has 7 heteroatoms. The van der Waals surface area contributed by atoms with Crippen molar-refractivity contribution in [3.8, 4) is 0 Å². The Morgan fingerprint density at radius 1 is 1.47 bits per heavy atom. The molecule has 1 aromatic heterocycles. The Hall–Kier alpha value is -1.89. The minimum atomic E-state index is -0.874. The van der Waals surface area contributed by atoms with Gasteiger partial charge in [0.2, 0.25) is 11.8 Å². The molecule has 3 unspecified atom stereocenters. The molecular weight excluding hydrogens is 246 g/mol. The Kier molecular flexibility index (Phi) is 4.16. The molecule has 2 amide bonds. The number of nitrogens with two attached hydrogens (primary N) is 2. The summed E-state index contributed by atoms with van der Waals surface area (Å²) in [6, 6.07) is -0.644. The molecule has 1 aromatic rings. The fourth-order valence-electron chi connectivity index (χ4n) is 2.53. The van der Waals surface area contributed by atoms with E-state index in [2.05, 4.69) is 10.3 Å². The van der Waals surface area contributed by atoms with Crippen LogP contribution < -0.4 is 16.8 Å². The highest BCUT2D eigenvalue weighted by Gasteiger charge is 2.31. The van der Waals surface area contributed by atoms with Crippen molar-refractivity contribution < 1.29 is 9.59 Å². The molecular formula is C12H19N5O2. The quantitative estimate of drug-likeness (QED) is 0.652. The summed E-state index contributed by atoms with van der Waals surface area (Å²) >= 11 is 0. The summed E-state index contributed by atoms with van der Waals surface area (Å²) in [4.78, 5) is 26.7. The molecule has 2 rings (SSSR count). The van der Waals surface area contributed by atoms with Gasteiger partial charge in [-0.2, -0.15) is 0 Å². The zero-order valence-corrected chi connectivity index (χ0v) is 10.7. The Labute approximate surface area is 111 Å². The zero-order chi connectivity index (χ0) is 13.8. The average molecular weight is 265 g/mol. The van der Waals surface area contributed by atoms with Gasteiger partial charge in [0.1, 0.15) is 0 Å². The van der Waals surface area contributed by atoms with Crippen molar-refractivity contribution in [3.63, 3.8) is 0 Å². The van der Waals surface area contributed by atoms with E-state index in [4.69, 9.17) is 11.5 Å². The van der Waals surface area contributed by atoms with Crippen molar-refractivity contribution in [3.05, 3.63) is 18.7 Å². The van der Waals surface area contributed by atoms with E-state index >= 15 is 0 Å². The number of hydrogen-bond acceptors (Lipinski definition) is 4. The third-order valence-corrected chi connectivity index (χ3v) is 3.47. The first kappa shape index (κ1) is 13.5. The Morgan fingerprint density at radius 2 is 2.26 bits per heavy atom. The molecule has 3 atom stereocenters. The van der Waals surface area contributed by atoms with Gasteiger partial charge < -0.3 is 21.4 Å². The van der Waals surface area contributed by atoms with Crippen LogP contribution in [-0.2, 0) is 9.59 Å². The van der Waals surface area contributed by atoms with Crippen LogP contribution in [0.15, 0.2) is 18.7 Å². The number of amides is 2. The van der Waals surface area contributed by atoms with Gasteiger partial charge in [-0.25, -0.2) is 4.98 Å². The topological polar surface area (TPSA) is 116 Å². The van der Waals surface area contributed by atoms with Crippen LogP contribution >= 0.6 is 0 Å². The first-order chi connectivity index (χ1) is 9.08. The molecule has 0 saturated heterocycles. The van der Waals surface area contributed by atoms with Crippen LogP contribution in [0, 0.1) is 0 Å². The van der Waals surface area contributed by atoms with Crippen LogP contribution in [0.25, 0.3) is 0 Å². The minimum Gasteiger partial charge on any atom is -0.370 e. The average Bonchev–Trinajstić information content (AvgIpc) is 2.97. The molecule has 104 valence electrons. The summed E-state index contributed by atoms with van der Waals surface area (Å²) in [7, 11) is 0. The lowest BCUT2D eigenvalue weighted by molar-refractivity contribution is -0.127. The van der Waals surface area contributed by atoms with Crippen molar-refractivity contribution in [2.24, 2.45) is 11.5 Å². The molecule has 1 aliphatic carbocycles. The number of carbonyl (C=O) groups excluding carboxylic acids is 2. The smallest absolute Gasteiger partial charge is 0.237 e. The number of nitrogens with one attached hydrogen (secondary N) is 1. The number of rotatable bonds is 5. The number of nitrogens with zero attached hydrogens (tertiary/aromatic N) is 2. The number of primary amides is 1. The summed E-state index contributed by atoms with van der Waals surface area (Å²) in [5, 5.41) is 2.90. The number of hydrogen-bond donors (Lipinski definition) is 3. The molecule has 1 aliphatic rings. The normalized spacial score (nSPS) is 24.1. The molecule has 0 bridgehead atoms. The molecule has 0 aromatic carbocycles. The van der Waals surface area contributed by atoms with Crippen LogP contribution in [0.5, 0.6) is 0 Å². The highest BCUT2D eigenvalue weighted by atomic mass is 16.2. The maximum atomic E-state index is 11.9. The second kappa shape index (κ2) is 5.83. The zero-order valence-electron chi connectivity index (χ0n) is 10.7. The fraction of sp³-hybridized carbons (Fsp3) is 0.583. The Morgan fingerprint density at radius 3 is 2.89 bits per heavy atom. The number of aromatic nitrogens is 2. The summed E-state index contributed by atoms with van der Waals surface area (Å²) in [5.41, 5.74) is 10.7. The summed E-state index contributed by atoms with van der Waals surface area (Å²) < 4.78 is 2.00. The summed E-state index contributed by atoms with van der Waals surface area (Å²) in [5.74, 6) is -0.893. The molecule has 0 spiro atoms. The second-order valence-electron chi connectivity index (χ2n) is 4.90. The van der Waals surface area contributed by atoms with Gasteiger partial charge in [-0.1, -0.05) is 0 Å². The van der Waals surface area contributed by atoms with E-state index in [9.17, 15) is 9.59 Å². The van der Waals surface area contributed by atoms with Gasteiger partial charge >= 0.3 is 0 Å². The van der Waals surface area contributed by atoms with Gasteiger partial charge in [-0.3, -0.25) is 9.59 Å². The van der Waals surface area contributed by atoms with E-state index in [0.717, 1.165) is 19.3 Å². The molecule has 1 fully saturated rings. The highest BCUT2D eigenvalue weighted by Crippen LogP contribution is 2.29. The van der Waals surface area contributed by atoms with E-state index < -0.39 is 11.9 Å². The third kappa shape index (κ3) is 3.31. The lowest BCUT2D eigenvalue weighted by Gasteiger charge is -2.23. The van der Waals surface area contributed by atoms with Crippen LogP contribution in [0.1, 0.15) is 31.7 Å². The molecule has 5 N–H and O–H groups in total. The molecule has 1 saturated carbocycles. The third-order valence-electron chi connectivity index (χ3n) is 3.47. The predicted molar refractivity (Wildman–Crippen MR) is 68.8 cm³/mol. The molecule has 0 aliphatic heterocycles. The summed E-state index contributed by atoms with van der Waals surface area (Å²) in [6.07, 6.45) is 8.16. The van der Waals surface area contributed by atoms with Gasteiger partial charge in [-0.05, 0) is 19.3 Å². The number of carbonyl (C=O) groups is 2. The SMILES string of the molecule is NC(=O)CC(N)C(=O)NC1CCCC1n1ccnc1. The lowest BCUT2D eigenvalue weighted by Crippen LogP contribution is -2.48. The lowest BCUT2D eigenvalue weighted by atomic mass is 10.1. The standard InChI is InChI=1S/C12H19N5O2/c13-8(6-11(14)18)12(19)16-9-2-1-3-10(9)17-5-4-15-7-17/h4-5,7-10H,1-3,6,13H2,(H2,14,18)(H,16,19). The molecule has 19 heavy (non-hydrogen) atoms. The van der Waals surface area contributed by atoms with E-state index in [0.29, 0.717) is 0 Å². The Balaban J connectivity index is 1.94. The fourth-order valence-corrected chi connectivity index (χ4v) is 2.53. The Bertz CT molecular complexity index is 445. The van der Waals surface area contributed by atoms with Gasteiger partial charge in [0.15, 0.2) is 0 Å². The monoisotopic (exact) mass is 265 g/mol. The van der Waals surface area contributed by atoms with E-state index in [1.54, 1.807) is 12.5 Å². The van der Waals surface area contributed by atoms with Crippen molar-refractivity contribution in [2.75, 3.05) is 0 Å². The molecule has 7 nitrogen and oxygen atoms in total. The van der Waals surface area contributed by atoms with Gasteiger partial charge in [0, 0.05) is 18.4 Å². The van der Waals surface area contributed by atoms with Crippen LogP contribution in [0.2, 0.25) is 0 Å². The van der Waals surface area contributed by atoms with Gasteiger partial charge in [-0.15, -0.1) is 0 Å². The largest absolute Gasteiger partial charge is 0.370 e. The second-order valence-corrected chi connectivity index (χ2v) is 4.90. The first-order valence-corrected chi connectivity index (χ1v) is 6.39. The molecule has 1 heterocycles. The summed E-state index contributed by atoms with van der Waals surface area (Å²) in [6.45, 7) is 0. The van der Waals surface area contributed by atoms with E-state index in [-0.39, 0.29) is 24.4 Å². The molecule has 0 radical (unpaired) electrons.